The Bertz CT molecular complexity index is 1350. The molecule has 40 heavy (non-hydrogen) atoms. The van der Waals surface area contributed by atoms with Gasteiger partial charge in [0, 0.05) is 5.75 Å². The minimum absolute atomic E-state index is 0.0691. The third-order valence-electron chi connectivity index (χ3n) is 7.36. The highest BCUT2D eigenvalue weighted by Crippen LogP contribution is 2.48. The largest absolute Gasteiger partial charge is 0.422 e. The Kier molecular flexibility index (Phi) is 8.53. The molecule has 1 heterocycles. The van der Waals surface area contributed by atoms with Crippen molar-refractivity contribution in [2.45, 2.75) is 62.3 Å². The van der Waals surface area contributed by atoms with E-state index in [1.807, 2.05) is 44.2 Å². The van der Waals surface area contributed by atoms with Gasteiger partial charge in [-0.15, -0.1) is 11.8 Å². The number of benzene rings is 2. The number of carbonyl (C=O) groups is 2. The molecule has 0 aromatic heterocycles. The number of thioether (sulfide) groups is 1. The van der Waals surface area contributed by atoms with Gasteiger partial charge >= 0.3 is 6.18 Å². The number of nitrogens with zero attached hydrogens (tertiary/aromatic N) is 1. The van der Waals surface area contributed by atoms with E-state index in [2.05, 4.69) is 22.5 Å². The Morgan fingerprint density at radius 2 is 1.70 bits per heavy atom. The summed E-state index contributed by atoms with van der Waals surface area (Å²) in [5.74, 6) is 4.23. The van der Waals surface area contributed by atoms with Gasteiger partial charge in [-0.05, 0) is 47.4 Å². The number of halogens is 3. The molecular formula is C30H31F3N4O2S. The smallest absolute Gasteiger partial charge is 0.369 e. The molecule has 0 saturated heterocycles. The lowest BCUT2D eigenvalue weighted by molar-refractivity contribution is -0.185. The van der Waals surface area contributed by atoms with Crippen molar-refractivity contribution >= 4 is 23.6 Å². The van der Waals surface area contributed by atoms with Crippen LogP contribution in [-0.2, 0) is 20.5 Å². The first-order valence-corrected chi connectivity index (χ1v) is 14.2. The molecular weight excluding hydrogens is 537 g/mol. The summed E-state index contributed by atoms with van der Waals surface area (Å²) < 4.78 is 44.9. The van der Waals surface area contributed by atoms with Crippen molar-refractivity contribution in [3.05, 3.63) is 59.7 Å². The van der Waals surface area contributed by atoms with Crippen LogP contribution < -0.4 is 16.4 Å². The van der Waals surface area contributed by atoms with E-state index in [0.717, 1.165) is 11.1 Å². The molecule has 6 nitrogen and oxygen atoms in total. The molecule has 210 valence electrons. The second-order valence-corrected chi connectivity index (χ2v) is 11.7. The molecule has 2 aromatic carbocycles. The zero-order valence-corrected chi connectivity index (χ0v) is 23.1. The number of alkyl halides is 3. The predicted octanol–water partition coefficient (Wildman–Crippen LogP) is 4.39. The number of nitrogens with two attached hydrogens (primary N) is 1. The Labute approximate surface area is 236 Å². The van der Waals surface area contributed by atoms with E-state index in [1.165, 1.54) is 23.9 Å². The van der Waals surface area contributed by atoms with Gasteiger partial charge in [0.2, 0.25) is 17.4 Å². The van der Waals surface area contributed by atoms with Gasteiger partial charge in [0.05, 0.1) is 23.3 Å². The van der Waals surface area contributed by atoms with E-state index in [9.17, 15) is 28.0 Å². The number of primary amides is 1. The van der Waals surface area contributed by atoms with Crippen LogP contribution in [0.15, 0.2) is 48.5 Å². The van der Waals surface area contributed by atoms with Crippen molar-refractivity contribution in [2.24, 2.45) is 11.7 Å². The Balaban J connectivity index is 1.71. The average molecular weight is 569 g/mol. The third kappa shape index (κ3) is 5.99. The van der Waals surface area contributed by atoms with Crippen LogP contribution in [-0.4, -0.2) is 41.6 Å². The van der Waals surface area contributed by atoms with E-state index < -0.39 is 35.1 Å². The molecule has 3 atom stereocenters. The summed E-state index contributed by atoms with van der Waals surface area (Å²) in [6, 6.07) is 13.2. The molecule has 2 amide bonds. The molecule has 1 fully saturated rings. The molecule has 1 saturated carbocycles. The summed E-state index contributed by atoms with van der Waals surface area (Å²) in [4.78, 5) is 25.0. The summed E-state index contributed by atoms with van der Waals surface area (Å²) in [6.45, 7) is 3.63. The van der Waals surface area contributed by atoms with E-state index in [0.29, 0.717) is 18.4 Å². The van der Waals surface area contributed by atoms with Crippen LogP contribution in [0.2, 0.25) is 0 Å². The fraction of sp³-hybridized carbons (Fsp3) is 0.433. The van der Waals surface area contributed by atoms with Crippen molar-refractivity contribution in [1.29, 1.82) is 5.26 Å². The van der Waals surface area contributed by atoms with Crippen LogP contribution >= 0.6 is 11.8 Å². The normalized spacial score (nSPS) is 24.6. The predicted molar refractivity (Wildman–Crippen MR) is 149 cm³/mol. The summed E-state index contributed by atoms with van der Waals surface area (Å²) >= 11 is 1.19. The number of amides is 2. The van der Waals surface area contributed by atoms with Gasteiger partial charge in [0.1, 0.15) is 6.04 Å². The average Bonchev–Trinajstić information content (AvgIpc) is 3.72. The molecule has 10 heteroatoms. The molecule has 1 aliphatic heterocycles. The summed E-state index contributed by atoms with van der Waals surface area (Å²) in [6.07, 6.45) is -3.34. The van der Waals surface area contributed by atoms with Crippen LogP contribution in [0.25, 0.3) is 11.1 Å². The topological polar surface area (TPSA) is 108 Å². The Morgan fingerprint density at radius 1 is 1.12 bits per heavy atom. The first-order valence-electron chi connectivity index (χ1n) is 13.1. The zero-order chi connectivity index (χ0) is 29.1. The van der Waals surface area contributed by atoms with Crippen LogP contribution in [0.5, 0.6) is 0 Å². The Morgan fingerprint density at radius 3 is 2.17 bits per heavy atom. The van der Waals surface area contributed by atoms with Crippen molar-refractivity contribution < 1.29 is 22.8 Å². The van der Waals surface area contributed by atoms with Crippen molar-refractivity contribution in [3.8, 4) is 29.0 Å². The molecule has 4 rings (SSSR count). The van der Waals surface area contributed by atoms with Gasteiger partial charge in [0.15, 0.2) is 0 Å². The lowest BCUT2D eigenvalue weighted by Crippen LogP contribution is -2.61. The quantitative estimate of drug-likeness (QED) is 0.448. The van der Waals surface area contributed by atoms with Gasteiger partial charge in [-0.3, -0.25) is 14.9 Å². The number of hydrogen-bond donors (Lipinski definition) is 3. The first-order chi connectivity index (χ1) is 18.9. The zero-order valence-electron chi connectivity index (χ0n) is 22.3. The highest BCUT2D eigenvalue weighted by atomic mass is 32.2. The molecule has 0 bridgehead atoms. The second kappa shape index (κ2) is 11.6. The van der Waals surface area contributed by atoms with Gasteiger partial charge in [-0.25, -0.2) is 0 Å². The molecule has 0 spiro atoms. The van der Waals surface area contributed by atoms with Crippen LogP contribution in [0.1, 0.15) is 44.2 Å². The molecule has 1 aliphatic carbocycles. The maximum Gasteiger partial charge on any atom is 0.422 e. The number of rotatable bonds is 6. The Hall–Kier alpha value is -3.47. The van der Waals surface area contributed by atoms with Crippen LogP contribution in [0, 0.1) is 29.1 Å². The third-order valence-corrected chi connectivity index (χ3v) is 8.27. The van der Waals surface area contributed by atoms with E-state index in [-0.39, 0.29) is 35.3 Å². The lowest BCUT2D eigenvalue weighted by atomic mass is 9.86. The monoisotopic (exact) mass is 568 g/mol. The highest BCUT2D eigenvalue weighted by Gasteiger charge is 2.57. The van der Waals surface area contributed by atoms with E-state index in [4.69, 9.17) is 5.73 Å². The van der Waals surface area contributed by atoms with Gasteiger partial charge < -0.3 is 11.1 Å². The maximum atomic E-state index is 15.0. The van der Waals surface area contributed by atoms with E-state index >= 15 is 0 Å². The molecule has 0 radical (unpaired) electrons. The van der Waals surface area contributed by atoms with E-state index in [1.54, 1.807) is 12.1 Å². The van der Waals surface area contributed by atoms with Crippen LogP contribution in [0.4, 0.5) is 13.2 Å². The summed E-state index contributed by atoms with van der Waals surface area (Å²) in [7, 11) is 0. The first kappa shape index (κ1) is 29.5. The van der Waals surface area contributed by atoms with Crippen molar-refractivity contribution in [1.82, 2.24) is 10.6 Å². The number of carbonyl (C=O) groups excluding carboxylic acids is 2. The highest BCUT2D eigenvalue weighted by molar-refractivity contribution is 7.99. The molecule has 2 aliphatic rings. The van der Waals surface area contributed by atoms with Crippen molar-refractivity contribution in [2.75, 3.05) is 11.5 Å². The second-order valence-electron chi connectivity index (χ2n) is 10.7. The molecule has 2 aromatic rings. The maximum absolute atomic E-state index is 15.0. The number of hydrogen-bond acceptors (Lipinski definition) is 5. The number of nitriles is 1. The minimum Gasteiger partial charge on any atom is -0.369 e. The standard InChI is InChI=1S/C30H31F3N4O2S/c1-19(2)16-25-26(38)36-24(17-34)18-40-15-3-12-29(37-25,30(31,32)33)23-10-6-21(7-11-23)20-4-8-22(9-5-20)28(13-14-28)27(35)39/h4-11,19,24-25,37H,13-16,18H2,1-2H3,(H2,35,39)(H,36,38)/t24-,25+,29+/m1/s1. The SMILES string of the molecule is CC(C)C[C@@H]1N[C@@](c2ccc(-c3ccc(C4(C(N)=O)CC4)cc3)cc2)(C(F)(F)F)C#CCSC[C@@H](C#N)NC1=O. The summed E-state index contributed by atoms with van der Waals surface area (Å²) in [5, 5.41) is 14.6. The fourth-order valence-corrected chi connectivity index (χ4v) is 5.63. The fourth-order valence-electron chi connectivity index (χ4n) is 4.95. The van der Waals surface area contributed by atoms with Gasteiger partial charge in [0.25, 0.3) is 0 Å². The van der Waals surface area contributed by atoms with Gasteiger partial charge in [-0.1, -0.05) is 74.2 Å². The lowest BCUT2D eigenvalue weighted by Gasteiger charge is -2.36. The molecule has 4 N–H and O–H groups in total. The number of nitrogens with one attached hydrogen (secondary N) is 2. The summed E-state index contributed by atoms with van der Waals surface area (Å²) in [5.41, 5.74) is 4.29. The van der Waals surface area contributed by atoms with Crippen molar-refractivity contribution in [3.63, 3.8) is 0 Å². The molecule has 0 unspecified atom stereocenters. The van der Waals surface area contributed by atoms with Gasteiger partial charge in [-0.2, -0.15) is 18.4 Å². The minimum atomic E-state index is -4.86. The van der Waals surface area contributed by atoms with Crippen LogP contribution in [0.3, 0.4) is 0 Å².